The Balaban J connectivity index is 1.59. The zero-order valence-corrected chi connectivity index (χ0v) is 14.9. The molecule has 0 aliphatic rings. The number of nitrogens with zero attached hydrogens (tertiary/aromatic N) is 4. The Bertz CT molecular complexity index is 1010. The second-order valence-electron chi connectivity index (χ2n) is 6.02. The number of nitrogens with one attached hydrogen (secondary N) is 1. The van der Waals surface area contributed by atoms with E-state index in [1.165, 1.54) is 0 Å². The molecule has 3 aromatic heterocycles. The van der Waals surface area contributed by atoms with Crippen LogP contribution < -0.4 is 4.74 Å². The number of unbranched alkanes of at least 4 members (excludes halogenated alkanes) is 1. The van der Waals surface area contributed by atoms with E-state index in [4.69, 9.17) is 9.26 Å². The van der Waals surface area contributed by atoms with Gasteiger partial charge in [0.05, 0.1) is 12.3 Å². The third-order valence-electron chi connectivity index (χ3n) is 4.09. The highest BCUT2D eigenvalue weighted by Gasteiger charge is 2.15. The molecule has 7 heteroatoms. The fourth-order valence-electron chi connectivity index (χ4n) is 2.65. The van der Waals surface area contributed by atoms with Gasteiger partial charge in [0, 0.05) is 23.5 Å². The number of rotatable bonds is 7. The average molecular weight is 361 g/mol. The van der Waals surface area contributed by atoms with Crippen molar-refractivity contribution in [3.8, 4) is 40.0 Å². The molecule has 0 saturated carbocycles. The molecule has 4 aromatic rings. The number of benzene rings is 1. The van der Waals surface area contributed by atoms with Crippen molar-refractivity contribution in [2.45, 2.75) is 19.8 Å². The molecule has 136 valence electrons. The normalized spacial score (nSPS) is 10.9. The fraction of sp³-hybridized carbons (Fsp3) is 0.200. The first-order valence-corrected chi connectivity index (χ1v) is 8.87. The van der Waals surface area contributed by atoms with Gasteiger partial charge >= 0.3 is 0 Å². The van der Waals surface area contributed by atoms with Crippen molar-refractivity contribution < 1.29 is 9.26 Å². The molecule has 0 fully saturated rings. The minimum absolute atomic E-state index is 0.380. The molecule has 0 saturated heterocycles. The van der Waals surface area contributed by atoms with Gasteiger partial charge in [-0.1, -0.05) is 30.6 Å². The van der Waals surface area contributed by atoms with E-state index in [9.17, 15) is 0 Å². The number of aromatic nitrogens is 5. The van der Waals surface area contributed by atoms with Crippen LogP contribution in [0.3, 0.4) is 0 Å². The zero-order chi connectivity index (χ0) is 18.5. The topological polar surface area (TPSA) is 89.7 Å². The molecule has 27 heavy (non-hydrogen) atoms. The molecule has 3 heterocycles. The van der Waals surface area contributed by atoms with E-state index in [0.717, 1.165) is 35.4 Å². The van der Waals surface area contributed by atoms with Crippen molar-refractivity contribution >= 4 is 0 Å². The van der Waals surface area contributed by atoms with E-state index >= 15 is 0 Å². The van der Waals surface area contributed by atoms with Gasteiger partial charge in [-0.25, -0.2) is 0 Å². The van der Waals surface area contributed by atoms with Gasteiger partial charge < -0.3 is 9.26 Å². The maximum absolute atomic E-state index is 5.90. The molecule has 0 spiro atoms. The summed E-state index contributed by atoms with van der Waals surface area (Å²) in [5.41, 5.74) is 3.18. The molecule has 1 aromatic carbocycles. The van der Waals surface area contributed by atoms with Crippen LogP contribution in [0, 0.1) is 0 Å². The SMILES string of the molecule is CCCCOc1ccccc1-c1cc(-c2nc(-c3ccncc3)no2)[nH]n1. The summed E-state index contributed by atoms with van der Waals surface area (Å²) in [4.78, 5) is 8.43. The molecule has 0 unspecified atom stereocenters. The lowest BCUT2D eigenvalue weighted by Crippen LogP contribution is -1.98. The Morgan fingerprint density at radius 3 is 2.81 bits per heavy atom. The molecule has 0 bridgehead atoms. The lowest BCUT2D eigenvalue weighted by molar-refractivity contribution is 0.310. The van der Waals surface area contributed by atoms with Crippen LogP contribution in [0.5, 0.6) is 5.75 Å². The first kappa shape index (κ1) is 17.0. The number of aromatic amines is 1. The summed E-state index contributed by atoms with van der Waals surface area (Å²) in [5.74, 6) is 1.70. The monoisotopic (exact) mass is 361 g/mol. The van der Waals surface area contributed by atoms with Gasteiger partial charge in [-0.2, -0.15) is 10.1 Å². The summed E-state index contributed by atoms with van der Waals surface area (Å²) >= 11 is 0. The van der Waals surface area contributed by atoms with Crippen molar-refractivity contribution in [1.82, 2.24) is 25.3 Å². The van der Waals surface area contributed by atoms with Gasteiger partial charge in [0.25, 0.3) is 5.89 Å². The van der Waals surface area contributed by atoms with Crippen LogP contribution in [0.25, 0.3) is 34.2 Å². The van der Waals surface area contributed by atoms with Crippen molar-refractivity contribution in [2.24, 2.45) is 0 Å². The Kier molecular flexibility index (Phi) is 4.91. The summed E-state index contributed by atoms with van der Waals surface area (Å²) in [7, 11) is 0. The number of H-pyrrole nitrogens is 1. The smallest absolute Gasteiger partial charge is 0.276 e. The molecule has 0 amide bonds. The highest BCUT2D eigenvalue weighted by molar-refractivity contribution is 5.70. The van der Waals surface area contributed by atoms with Crippen LogP contribution in [0.2, 0.25) is 0 Å². The second kappa shape index (κ2) is 7.82. The molecule has 0 radical (unpaired) electrons. The standard InChI is InChI=1S/C20H19N5O2/c1-2-3-12-26-18-7-5-4-6-15(18)16-13-17(24-23-16)20-22-19(25-27-20)14-8-10-21-11-9-14/h4-11,13H,2-3,12H2,1H3,(H,23,24). The van der Waals surface area contributed by atoms with E-state index < -0.39 is 0 Å². The van der Waals surface area contributed by atoms with Crippen molar-refractivity contribution in [3.05, 3.63) is 54.9 Å². The summed E-state index contributed by atoms with van der Waals surface area (Å²) < 4.78 is 11.3. The van der Waals surface area contributed by atoms with E-state index in [-0.39, 0.29) is 0 Å². The van der Waals surface area contributed by atoms with Crippen molar-refractivity contribution in [2.75, 3.05) is 6.61 Å². The first-order chi connectivity index (χ1) is 13.3. The number of hydrogen-bond donors (Lipinski definition) is 1. The van der Waals surface area contributed by atoms with E-state index in [1.54, 1.807) is 12.4 Å². The minimum atomic E-state index is 0.380. The Morgan fingerprint density at radius 1 is 1.11 bits per heavy atom. The molecule has 0 aliphatic heterocycles. The largest absolute Gasteiger partial charge is 0.493 e. The molecular weight excluding hydrogens is 342 g/mol. The highest BCUT2D eigenvalue weighted by atomic mass is 16.5. The summed E-state index contributed by atoms with van der Waals surface area (Å²) in [6.45, 7) is 2.82. The molecule has 4 rings (SSSR count). The molecule has 0 aliphatic carbocycles. The molecular formula is C20H19N5O2. The first-order valence-electron chi connectivity index (χ1n) is 8.87. The van der Waals surface area contributed by atoms with Crippen molar-refractivity contribution in [1.29, 1.82) is 0 Å². The van der Waals surface area contributed by atoms with Gasteiger partial charge in [0.1, 0.15) is 11.4 Å². The maximum atomic E-state index is 5.90. The van der Waals surface area contributed by atoms with Gasteiger partial charge in [0.2, 0.25) is 5.82 Å². The highest BCUT2D eigenvalue weighted by Crippen LogP contribution is 2.31. The van der Waals surface area contributed by atoms with E-state index in [2.05, 4.69) is 32.2 Å². The van der Waals surface area contributed by atoms with Crippen LogP contribution in [-0.4, -0.2) is 31.9 Å². The van der Waals surface area contributed by atoms with Crippen LogP contribution in [0.4, 0.5) is 0 Å². The Hall–Kier alpha value is -3.48. The lowest BCUT2D eigenvalue weighted by Gasteiger charge is -2.09. The zero-order valence-electron chi connectivity index (χ0n) is 14.9. The molecule has 7 nitrogen and oxygen atoms in total. The van der Waals surface area contributed by atoms with Crippen LogP contribution in [-0.2, 0) is 0 Å². The van der Waals surface area contributed by atoms with Crippen LogP contribution >= 0.6 is 0 Å². The predicted octanol–water partition coefficient (Wildman–Crippen LogP) is 4.37. The number of para-hydroxylation sites is 1. The minimum Gasteiger partial charge on any atom is -0.493 e. The third kappa shape index (κ3) is 3.72. The second-order valence-corrected chi connectivity index (χ2v) is 6.02. The lowest BCUT2D eigenvalue weighted by atomic mass is 10.1. The van der Waals surface area contributed by atoms with Gasteiger partial charge in [-0.15, -0.1) is 0 Å². The molecule has 0 atom stereocenters. The van der Waals surface area contributed by atoms with E-state index in [1.807, 2.05) is 42.5 Å². The quantitative estimate of drug-likeness (QED) is 0.492. The van der Waals surface area contributed by atoms with Crippen LogP contribution in [0.1, 0.15) is 19.8 Å². The number of hydrogen-bond acceptors (Lipinski definition) is 6. The van der Waals surface area contributed by atoms with Gasteiger partial charge in [0.15, 0.2) is 0 Å². The Morgan fingerprint density at radius 2 is 1.96 bits per heavy atom. The Labute approximate surface area is 156 Å². The maximum Gasteiger partial charge on any atom is 0.276 e. The summed E-state index contributed by atoms with van der Waals surface area (Å²) in [6, 6.07) is 13.4. The van der Waals surface area contributed by atoms with Gasteiger partial charge in [-0.3, -0.25) is 10.1 Å². The summed E-state index contributed by atoms with van der Waals surface area (Å²) in [6.07, 6.45) is 5.48. The fourth-order valence-corrected chi connectivity index (χ4v) is 2.65. The van der Waals surface area contributed by atoms with E-state index in [0.29, 0.717) is 24.0 Å². The third-order valence-corrected chi connectivity index (χ3v) is 4.09. The van der Waals surface area contributed by atoms with Crippen LogP contribution in [0.15, 0.2) is 59.4 Å². The predicted molar refractivity (Wildman–Crippen MR) is 101 cm³/mol. The number of pyridine rings is 1. The molecule has 1 N–H and O–H groups in total. The summed E-state index contributed by atoms with van der Waals surface area (Å²) in [5, 5.41) is 11.4. The van der Waals surface area contributed by atoms with Gasteiger partial charge in [-0.05, 0) is 36.8 Å². The number of ether oxygens (including phenoxy) is 1. The average Bonchev–Trinajstić information content (AvgIpc) is 3.39. The van der Waals surface area contributed by atoms with Crippen molar-refractivity contribution in [3.63, 3.8) is 0 Å².